The van der Waals surface area contributed by atoms with Crippen LogP contribution in [0.2, 0.25) is 0 Å². The van der Waals surface area contributed by atoms with Crippen molar-refractivity contribution in [1.29, 1.82) is 0 Å². The molecule has 1 aliphatic carbocycles. The number of carbonyl (C=O) groups is 2. The van der Waals surface area contributed by atoms with Crippen LogP contribution >= 0.6 is 0 Å². The Morgan fingerprint density at radius 2 is 1.79 bits per heavy atom. The molecule has 2 aromatic rings. The van der Waals surface area contributed by atoms with Gasteiger partial charge in [0.1, 0.15) is 0 Å². The number of likely N-dealkylation sites (tertiary alicyclic amines) is 1. The number of nitrogens with zero attached hydrogens (tertiary/aromatic N) is 1. The van der Waals surface area contributed by atoms with Crippen molar-refractivity contribution >= 4 is 22.8 Å². The number of fused-ring (bicyclic) bond motifs is 1. The minimum Gasteiger partial charge on any atom is -0.361 e. The smallest absolute Gasteiger partial charge is 0.317 e. The Morgan fingerprint density at radius 3 is 2.59 bits per heavy atom. The van der Waals surface area contributed by atoms with Gasteiger partial charge in [-0.05, 0) is 43.7 Å². The van der Waals surface area contributed by atoms with E-state index in [0.717, 1.165) is 37.6 Å². The first-order valence-corrected chi connectivity index (χ1v) is 11.1. The van der Waals surface area contributed by atoms with E-state index in [1.165, 1.54) is 30.2 Å². The summed E-state index contributed by atoms with van der Waals surface area (Å²) in [7, 11) is 0. The molecule has 6 heteroatoms. The second-order valence-electron chi connectivity index (χ2n) is 8.45. The molecule has 0 radical (unpaired) electrons. The van der Waals surface area contributed by atoms with E-state index in [2.05, 4.69) is 27.8 Å². The van der Waals surface area contributed by atoms with Gasteiger partial charge in [0.25, 0.3) is 0 Å². The molecule has 0 spiro atoms. The lowest BCUT2D eigenvalue weighted by molar-refractivity contribution is -0.126. The minimum atomic E-state index is 0.00176. The molecule has 1 aliphatic heterocycles. The SMILES string of the molecule is O=C(NC1CCN(C(=O)NCCc2c[nH]c3ccccc23)CC1)C1CCCCC1. The van der Waals surface area contributed by atoms with Crippen LogP contribution in [0.25, 0.3) is 10.9 Å². The molecule has 3 N–H and O–H groups in total. The molecule has 2 fully saturated rings. The number of hydrogen-bond donors (Lipinski definition) is 3. The third-order valence-corrected chi connectivity index (χ3v) is 6.45. The maximum atomic E-state index is 12.5. The molecule has 1 aromatic heterocycles. The van der Waals surface area contributed by atoms with Gasteiger partial charge in [-0.2, -0.15) is 0 Å². The van der Waals surface area contributed by atoms with E-state index in [-0.39, 0.29) is 23.9 Å². The van der Waals surface area contributed by atoms with E-state index < -0.39 is 0 Å². The standard InChI is InChI=1S/C23H32N4O2/c28-22(17-6-2-1-3-7-17)26-19-11-14-27(15-12-19)23(29)24-13-10-18-16-25-21-9-5-4-8-20(18)21/h4-5,8-9,16-17,19,25H,1-3,6-7,10-15H2,(H,24,29)(H,26,28). The fourth-order valence-electron chi connectivity index (χ4n) is 4.67. The van der Waals surface area contributed by atoms with Gasteiger partial charge in [0.15, 0.2) is 0 Å². The van der Waals surface area contributed by atoms with Gasteiger partial charge in [0.05, 0.1) is 0 Å². The number of rotatable bonds is 5. The van der Waals surface area contributed by atoms with Crippen molar-refractivity contribution in [2.75, 3.05) is 19.6 Å². The van der Waals surface area contributed by atoms with Crippen molar-refractivity contribution in [3.05, 3.63) is 36.0 Å². The molecule has 1 saturated heterocycles. The Kier molecular flexibility index (Phi) is 6.37. The van der Waals surface area contributed by atoms with Crippen molar-refractivity contribution in [3.63, 3.8) is 0 Å². The maximum absolute atomic E-state index is 12.5. The normalized spacial score (nSPS) is 18.7. The number of urea groups is 1. The monoisotopic (exact) mass is 396 g/mol. The Balaban J connectivity index is 1.17. The Morgan fingerprint density at radius 1 is 1.03 bits per heavy atom. The first-order chi connectivity index (χ1) is 14.2. The van der Waals surface area contributed by atoms with E-state index in [1.54, 1.807) is 0 Å². The number of aromatic amines is 1. The van der Waals surface area contributed by atoms with Crippen LogP contribution in [0, 0.1) is 5.92 Å². The molecule has 4 rings (SSSR count). The van der Waals surface area contributed by atoms with Crippen molar-refractivity contribution in [2.24, 2.45) is 5.92 Å². The van der Waals surface area contributed by atoms with Gasteiger partial charge in [-0.1, -0.05) is 37.5 Å². The van der Waals surface area contributed by atoms with Gasteiger partial charge in [-0.3, -0.25) is 4.79 Å². The topological polar surface area (TPSA) is 77.2 Å². The third-order valence-electron chi connectivity index (χ3n) is 6.45. The van der Waals surface area contributed by atoms with Crippen LogP contribution in [-0.4, -0.2) is 47.5 Å². The average molecular weight is 397 g/mol. The van der Waals surface area contributed by atoms with Crippen molar-refractivity contribution in [3.8, 4) is 0 Å². The van der Waals surface area contributed by atoms with Crippen molar-refractivity contribution in [2.45, 2.75) is 57.4 Å². The highest BCUT2D eigenvalue weighted by Crippen LogP contribution is 2.24. The van der Waals surface area contributed by atoms with Crippen LogP contribution in [-0.2, 0) is 11.2 Å². The summed E-state index contributed by atoms with van der Waals surface area (Å²) < 4.78 is 0. The molecule has 0 unspecified atom stereocenters. The van der Waals surface area contributed by atoms with Crippen LogP contribution in [0.5, 0.6) is 0 Å². The number of benzene rings is 1. The van der Waals surface area contributed by atoms with Crippen molar-refractivity contribution in [1.82, 2.24) is 20.5 Å². The molecular weight excluding hydrogens is 364 g/mol. The fourth-order valence-corrected chi connectivity index (χ4v) is 4.67. The summed E-state index contributed by atoms with van der Waals surface area (Å²) in [5, 5.41) is 7.49. The van der Waals surface area contributed by atoms with Gasteiger partial charge in [0.2, 0.25) is 5.91 Å². The number of carbonyl (C=O) groups excluding carboxylic acids is 2. The van der Waals surface area contributed by atoms with Crippen LogP contribution < -0.4 is 10.6 Å². The molecule has 156 valence electrons. The van der Waals surface area contributed by atoms with Gasteiger partial charge < -0.3 is 20.5 Å². The minimum absolute atomic E-state index is 0.00176. The molecule has 2 aliphatic rings. The molecule has 3 amide bonds. The zero-order valence-electron chi connectivity index (χ0n) is 17.1. The summed E-state index contributed by atoms with van der Waals surface area (Å²) in [6, 6.07) is 8.44. The third kappa shape index (κ3) is 4.92. The van der Waals surface area contributed by atoms with Gasteiger partial charge in [-0.25, -0.2) is 4.79 Å². The number of aromatic nitrogens is 1. The molecular formula is C23H32N4O2. The number of para-hydroxylation sites is 1. The van der Waals surface area contributed by atoms with Gasteiger partial charge >= 0.3 is 6.03 Å². The van der Waals surface area contributed by atoms with Crippen LogP contribution in [0.15, 0.2) is 30.5 Å². The van der Waals surface area contributed by atoms with Crippen LogP contribution in [0.1, 0.15) is 50.5 Å². The second kappa shape index (κ2) is 9.33. The summed E-state index contributed by atoms with van der Waals surface area (Å²) in [5.41, 5.74) is 2.36. The highest BCUT2D eigenvalue weighted by Gasteiger charge is 2.27. The van der Waals surface area contributed by atoms with E-state index in [9.17, 15) is 9.59 Å². The lowest BCUT2D eigenvalue weighted by atomic mass is 9.88. The summed E-state index contributed by atoms with van der Waals surface area (Å²) >= 11 is 0. The molecule has 29 heavy (non-hydrogen) atoms. The van der Waals surface area contributed by atoms with E-state index in [4.69, 9.17) is 0 Å². The van der Waals surface area contributed by atoms with Crippen molar-refractivity contribution < 1.29 is 9.59 Å². The van der Waals surface area contributed by atoms with E-state index in [0.29, 0.717) is 19.6 Å². The predicted molar refractivity (Wildman–Crippen MR) is 115 cm³/mol. The molecule has 2 heterocycles. The number of H-pyrrole nitrogens is 1. The quantitative estimate of drug-likeness (QED) is 0.722. The van der Waals surface area contributed by atoms with Gasteiger partial charge in [-0.15, -0.1) is 0 Å². The van der Waals surface area contributed by atoms with Gasteiger partial charge in [0, 0.05) is 48.7 Å². The zero-order valence-corrected chi connectivity index (χ0v) is 17.1. The number of hydrogen-bond acceptors (Lipinski definition) is 2. The Labute approximate surface area is 172 Å². The van der Waals surface area contributed by atoms with Crippen LogP contribution in [0.4, 0.5) is 4.79 Å². The summed E-state index contributed by atoms with van der Waals surface area (Å²) in [4.78, 5) is 30.1. The Hall–Kier alpha value is -2.50. The molecule has 0 bridgehead atoms. The zero-order chi connectivity index (χ0) is 20.1. The molecule has 6 nitrogen and oxygen atoms in total. The average Bonchev–Trinajstić information content (AvgIpc) is 3.18. The Bertz CT molecular complexity index is 832. The molecule has 1 aromatic carbocycles. The first kappa shape index (κ1) is 19.8. The summed E-state index contributed by atoms with van der Waals surface area (Å²) in [6.45, 7) is 2.03. The summed E-state index contributed by atoms with van der Waals surface area (Å²) in [5.74, 6) is 0.431. The lowest BCUT2D eigenvalue weighted by Gasteiger charge is -2.33. The number of piperidine rings is 1. The largest absolute Gasteiger partial charge is 0.361 e. The maximum Gasteiger partial charge on any atom is 0.317 e. The number of amides is 3. The first-order valence-electron chi connectivity index (χ1n) is 11.1. The highest BCUT2D eigenvalue weighted by molar-refractivity contribution is 5.83. The fraction of sp³-hybridized carbons (Fsp3) is 0.565. The predicted octanol–water partition coefficient (Wildman–Crippen LogP) is 3.58. The van der Waals surface area contributed by atoms with Crippen LogP contribution in [0.3, 0.4) is 0 Å². The van der Waals surface area contributed by atoms with E-state index in [1.807, 2.05) is 23.2 Å². The summed E-state index contributed by atoms with van der Waals surface area (Å²) in [6.07, 6.45) is 10.2. The lowest BCUT2D eigenvalue weighted by Crippen LogP contribution is -2.50. The molecule has 0 atom stereocenters. The molecule has 1 saturated carbocycles. The second-order valence-corrected chi connectivity index (χ2v) is 8.45. The number of nitrogens with one attached hydrogen (secondary N) is 3. The van der Waals surface area contributed by atoms with E-state index >= 15 is 0 Å². The highest BCUT2D eigenvalue weighted by atomic mass is 16.2.